The summed E-state index contributed by atoms with van der Waals surface area (Å²) >= 11 is 3.21. The van der Waals surface area contributed by atoms with Gasteiger partial charge in [-0.2, -0.15) is 0 Å². The molecule has 8 heterocycles. The summed E-state index contributed by atoms with van der Waals surface area (Å²) in [6.45, 7) is 3.49. The number of nitrogen functional groups attached to an aromatic ring is 1. The highest BCUT2D eigenvalue weighted by molar-refractivity contribution is 9.10. The van der Waals surface area contributed by atoms with E-state index in [1.807, 2.05) is 38.4 Å². The third-order valence-electron chi connectivity index (χ3n) is 17.8. The van der Waals surface area contributed by atoms with Crippen LogP contribution in [0.3, 0.4) is 0 Å². The number of rotatable bonds is 16. The Balaban J connectivity index is 0.000000174. The number of likely N-dealkylation sites (tertiary alicyclic amines) is 2. The molecule has 0 unspecified atom stereocenters. The van der Waals surface area contributed by atoms with E-state index >= 15 is 0 Å². The zero-order valence-electron chi connectivity index (χ0n) is 66.8. The number of methoxy groups -OCH3 is 2. The number of amides is 1. The Morgan fingerprint density at radius 1 is 0.496 bits per heavy atom. The minimum Gasteiger partial charge on any atom is -0.537 e. The number of likely N-dealkylation sites (N-methyl/N-ethyl adjacent to an activating group) is 2. The second-order valence-electron chi connectivity index (χ2n) is 27.4. The van der Waals surface area contributed by atoms with Crippen molar-refractivity contribution in [1.29, 1.82) is 0 Å². The number of benzene rings is 7. The number of H-pyrrole nitrogens is 2. The first kappa shape index (κ1) is 94.6. The molecule has 6 aromatic heterocycles. The molecule has 15 rings (SSSR count). The van der Waals surface area contributed by atoms with E-state index in [9.17, 15) is 70.0 Å². The number of hydrogen-bond acceptors (Lipinski definition) is 26. The molecule has 2 fully saturated rings. The molecule has 2 atom stereocenters. The molecule has 0 aliphatic carbocycles. The lowest BCUT2D eigenvalue weighted by atomic mass is 10.1. The van der Waals surface area contributed by atoms with Crippen LogP contribution >= 0.6 is 15.9 Å². The molecular formula is C83H80BBrF5N12O17S4. The van der Waals surface area contributed by atoms with E-state index in [1.54, 1.807) is 111 Å². The smallest absolute Gasteiger partial charge is 0.537 e. The molecular weight excluding hydrogens is 1750 g/mol. The summed E-state index contributed by atoms with van der Waals surface area (Å²) in [6, 6.07) is 51.5. The minimum absolute atomic E-state index is 0.0509. The van der Waals surface area contributed by atoms with Crippen LogP contribution in [-0.2, 0) is 39.3 Å². The van der Waals surface area contributed by atoms with Crippen molar-refractivity contribution < 1.29 is 89.4 Å². The van der Waals surface area contributed by atoms with Gasteiger partial charge in [0.1, 0.15) is 73.5 Å². The molecule has 0 bridgehead atoms. The van der Waals surface area contributed by atoms with Crippen LogP contribution in [0.1, 0.15) is 23.2 Å². The van der Waals surface area contributed by atoms with Gasteiger partial charge in [0.2, 0.25) is 11.8 Å². The van der Waals surface area contributed by atoms with Gasteiger partial charge in [0.25, 0.3) is 17.0 Å². The number of nitrogens with zero attached hydrogens (tertiary/aromatic N) is 8. The first-order valence-corrected chi connectivity index (χ1v) is 44.8. The Kier molecular flexibility index (Phi) is 32.3. The summed E-state index contributed by atoms with van der Waals surface area (Å²) in [5, 5.41) is 17.0. The number of sulfone groups is 4. The molecule has 29 nitrogen and oxygen atoms in total. The van der Waals surface area contributed by atoms with Crippen LogP contribution in [0.4, 0.5) is 27.6 Å². The van der Waals surface area contributed by atoms with Crippen LogP contribution in [0.15, 0.2) is 240 Å². The van der Waals surface area contributed by atoms with Gasteiger partial charge in [0, 0.05) is 110 Å². The zero-order valence-corrected chi connectivity index (χ0v) is 71.6. The van der Waals surface area contributed by atoms with Gasteiger partial charge >= 0.3 is 7.69 Å². The largest absolute Gasteiger partial charge is 0.569 e. The van der Waals surface area contributed by atoms with Crippen LogP contribution in [-0.4, -0.2) is 199 Å². The maximum atomic E-state index is 14.4. The first-order chi connectivity index (χ1) is 58.1. The Morgan fingerprint density at radius 3 is 1.28 bits per heavy atom. The number of nitrogens with one attached hydrogen (secondary N) is 2. The predicted octanol–water partition coefficient (Wildman–Crippen LogP) is 10.9. The second kappa shape index (κ2) is 42.0. The number of ether oxygens (including phenoxy) is 3. The summed E-state index contributed by atoms with van der Waals surface area (Å²) in [4.78, 5) is 72.1. The molecule has 7 aromatic carbocycles. The predicted molar refractivity (Wildman–Crippen MR) is 458 cm³/mol. The minimum atomic E-state index is -3.32. The maximum absolute atomic E-state index is 14.4. The molecule has 1 radical (unpaired) electrons. The van der Waals surface area contributed by atoms with Gasteiger partial charge in [-0.15, -0.1) is 0 Å². The van der Waals surface area contributed by atoms with Gasteiger partial charge in [-0.1, -0.05) is 60.7 Å². The molecule has 2 saturated heterocycles. The number of aromatic nitrogens is 8. The number of carbonyl (C=O) groups is 1. The van der Waals surface area contributed by atoms with Crippen molar-refractivity contribution in [1.82, 2.24) is 49.7 Å². The number of fused-ring (bicyclic) bond motifs is 2. The molecule has 0 spiro atoms. The Morgan fingerprint density at radius 2 is 0.886 bits per heavy atom. The summed E-state index contributed by atoms with van der Waals surface area (Å²) < 4.78 is 180. The molecule has 2 aliphatic rings. The van der Waals surface area contributed by atoms with Crippen molar-refractivity contribution in [3.63, 3.8) is 0 Å². The van der Waals surface area contributed by atoms with E-state index < -0.39 is 91.0 Å². The van der Waals surface area contributed by atoms with Gasteiger partial charge in [0.05, 0.1) is 79.3 Å². The lowest BCUT2D eigenvalue weighted by molar-refractivity contribution is 0.0997. The summed E-state index contributed by atoms with van der Waals surface area (Å²) in [6.07, 6.45) is 6.15. The van der Waals surface area contributed by atoms with E-state index in [0.717, 1.165) is 79.2 Å². The van der Waals surface area contributed by atoms with E-state index in [1.165, 1.54) is 66.9 Å². The van der Waals surface area contributed by atoms with E-state index in [2.05, 4.69) is 70.3 Å². The molecule has 40 heteroatoms. The Bertz CT molecular complexity index is 6540. The van der Waals surface area contributed by atoms with Gasteiger partial charge in [0.15, 0.2) is 51.0 Å². The summed E-state index contributed by atoms with van der Waals surface area (Å²) in [7, 11) is -5.26. The van der Waals surface area contributed by atoms with Gasteiger partial charge in [-0.3, -0.25) is 14.4 Å². The van der Waals surface area contributed by atoms with Crippen molar-refractivity contribution in [2.75, 3.05) is 85.3 Å². The molecule has 123 heavy (non-hydrogen) atoms. The Labute approximate surface area is 712 Å². The average Bonchev–Trinajstić information content (AvgIpc) is 1.25. The Hall–Kier alpha value is -12.3. The van der Waals surface area contributed by atoms with Crippen LogP contribution in [0.5, 0.6) is 23.3 Å². The number of nitrogens with two attached hydrogens (primary N) is 2. The lowest BCUT2D eigenvalue weighted by Gasteiger charge is -2.15. The fourth-order valence-electron chi connectivity index (χ4n) is 11.8. The number of pyridine rings is 4. The molecule has 2 aliphatic heterocycles. The first-order valence-electron chi connectivity index (χ1n) is 36.4. The number of primary amides is 1. The topological polar surface area (TPSA) is 433 Å². The zero-order chi connectivity index (χ0) is 89.8. The fourth-order valence-corrected chi connectivity index (χ4v) is 14.6. The van der Waals surface area contributed by atoms with Crippen molar-refractivity contribution in [2.45, 2.75) is 44.6 Å². The number of hydrogen-bond donors (Lipinski definition) is 6. The quantitative estimate of drug-likeness (QED) is 0.0226. The highest BCUT2D eigenvalue weighted by atomic mass is 79.9. The SMILES string of the molecule is CN1CC[C@H](O)C1.CN1CC[C@H](Oc2cc(F)cc3nc(-c4cccc(-c5ccc(S(C)(=O)=O)cc5)n4)[nH]c(=O)c23)C1.COc1cccc(-c2ccc(S(C)(=O)=O)cc2)n1.COc1cccc(Br)n1.CS(=O)(=O)c1ccc(-c2cccc(-c3nc4cc(F)cc(F)c4c(=O)[nH]3)n2)cc1.CS(=O)(=O)c1ccc(O[B]O)cc1.NC(=O)c1c(N)cc(F)cc1F. The van der Waals surface area contributed by atoms with E-state index in [0.29, 0.717) is 82.7 Å². The third kappa shape index (κ3) is 27.1. The second-order valence-corrected chi connectivity index (χ2v) is 36.2. The van der Waals surface area contributed by atoms with E-state index in [-0.39, 0.29) is 71.8 Å². The van der Waals surface area contributed by atoms with Gasteiger partial charge < -0.3 is 60.2 Å². The normalized spacial score (nSPS) is 13.9. The fraction of sp³-hybridized carbons (Fsp3) is 0.193. The van der Waals surface area contributed by atoms with Gasteiger partial charge in [-0.25, -0.2) is 85.5 Å². The standard InChI is InChI=1S/C25H23FN4O4S.C20H13F2N3O3S.C13H13NO3S.C7H8BO4S.C7H6F2N2O.C6H6BrNO.C5H11NO/c1-30-11-10-17(14-30)34-22-13-16(26)12-21-23(22)25(31)29-24(28-21)20-5-3-4-19(27-20)15-6-8-18(9-7-15)35(2,32)33;1-29(27,28)13-7-5-11(6-8-13)15-3-2-4-16(23-15)19-24-17-10-12(21)9-14(22)18(17)20(26)25-19;1-17-13-5-3-4-12(14-13)10-6-8-11(9-7-10)18(2,15)16;1-13(10,11)7-4-2-6(3-5-7)12-8-9;8-3-1-4(9)6(7(11)12)5(10)2-3;1-9-6-4-2-3-5(7)8-6;1-6-3-2-5(7)4-6/h3-9,12-13,17H,10-11,14H2,1-2H3,(H,28,29,31);2-10H,1H3,(H,24,25,26);3-9H,1-2H3;2-5,9H,1H3;1-2H,10H2,(H2,11,12);2-4H,1H3;5,7H,2-4H2,1H3/t17-;;;;;;5-/m0.....0/s1. The van der Waals surface area contributed by atoms with Crippen LogP contribution < -0.4 is 41.5 Å². The number of aliphatic hydroxyl groups excluding tert-OH is 1. The average molecular weight is 1830 g/mol. The lowest BCUT2D eigenvalue weighted by Crippen LogP contribution is -2.22. The van der Waals surface area contributed by atoms with Crippen molar-refractivity contribution in [3.8, 4) is 80.1 Å². The highest BCUT2D eigenvalue weighted by Crippen LogP contribution is 2.31. The van der Waals surface area contributed by atoms with Crippen LogP contribution in [0.2, 0.25) is 0 Å². The van der Waals surface area contributed by atoms with Crippen LogP contribution in [0.25, 0.3) is 78.6 Å². The van der Waals surface area contributed by atoms with Crippen LogP contribution in [0, 0.1) is 29.1 Å². The van der Waals surface area contributed by atoms with Gasteiger partial charge in [-0.05, 0) is 146 Å². The molecule has 13 aromatic rings. The number of β-amino-alcohol motifs (C(OH)–C–C–N with tert-alkyl or cyclic N) is 1. The maximum Gasteiger partial charge on any atom is 0.569 e. The molecule has 1 amide bonds. The summed E-state index contributed by atoms with van der Waals surface area (Å²) in [5.41, 5.74) is 12.7. The number of aromatic amines is 2. The number of halogens is 6. The third-order valence-corrected chi connectivity index (χ3v) is 22.7. The van der Waals surface area contributed by atoms with Crippen molar-refractivity contribution in [2.24, 2.45) is 5.73 Å². The summed E-state index contributed by atoms with van der Waals surface area (Å²) in [5.74, 6) is -3.31. The molecule has 643 valence electrons. The highest BCUT2D eigenvalue weighted by Gasteiger charge is 2.25. The number of anilines is 1. The van der Waals surface area contributed by atoms with Crippen molar-refractivity contribution in [3.05, 3.63) is 266 Å². The number of carbonyl (C=O) groups excluding carboxylic acids is 1. The molecule has 0 saturated carbocycles. The molecule has 8 N–H and O–H groups in total. The monoisotopic (exact) mass is 1830 g/mol. The van der Waals surface area contributed by atoms with E-state index in [4.69, 9.17) is 35.8 Å². The van der Waals surface area contributed by atoms with Crippen molar-refractivity contribution >= 4 is 96.4 Å². The number of aliphatic hydroxyl groups is 1.